The molecule has 0 fully saturated rings. The highest BCUT2D eigenvalue weighted by molar-refractivity contribution is 6.31. The van der Waals surface area contributed by atoms with E-state index in [1.807, 2.05) is 36.4 Å². The highest BCUT2D eigenvalue weighted by Gasteiger charge is 2.09. The number of benzene rings is 1. The average Bonchev–Trinajstić information content (AvgIpc) is 2.73. The summed E-state index contributed by atoms with van der Waals surface area (Å²) in [4.78, 5) is 25.0. The summed E-state index contributed by atoms with van der Waals surface area (Å²) in [5.74, 6) is 0.406. The molecule has 1 amide bonds. The normalized spacial score (nSPS) is 10.6. The molecular formula is C21H16ClN5O. The standard InChI is InChI=1S/C21H16ClN5O/c22-16-2-1-15-5-9-25-20(18(15)11-16)27-17-6-10-24-19(12-17)21(28)26-13-14-3-7-23-8-4-14/h1-12H,13H2,(H,26,28)(H,24,25,27). The smallest absolute Gasteiger partial charge is 0.270 e. The summed E-state index contributed by atoms with van der Waals surface area (Å²) in [7, 11) is 0. The van der Waals surface area contributed by atoms with Gasteiger partial charge < -0.3 is 10.6 Å². The summed E-state index contributed by atoms with van der Waals surface area (Å²) in [6.07, 6.45) is 6.69. The van der Waals surface area contributed by atoms with Gasteiger partial charge in [0.05, 0.1) is 0 Å². The maximum absolute atomic E-state index is 12.4. The molecule has 28 heavy (non-hydrogen) atoms. The number of hydrogen-bond acceptors (Lipinski definition) is 5. The van der Waals surface area contributed by atoms with Crippen LogP contribution in [0.3, 0.4) is 0 Å². The number of carbonyl (C=O) groups is 1. The van der Waals surface area contributed by atoms with Crippen molar-refractivity contribution in [1.82, 2.24) is 20.3 Å². The fourth-order valence-corrected chi connectivity index (χ4v) is 2.96. The Morgan fingerprint density at radius 1 is 0.929 bits per heavy atom. The van der Waals surface area contributed by atoms with Crippen LogP contribution in [-0.4, -0.2) is 20.9 Å². The lowest BCUT2D eigenvalue weighted by molar-refractivity contribution is 0.0946. The van der Waals surface area contributed by atoms with Gasteiger partial charge in [-0.2, -0.15) is 0 Å². The van der Waals surface area contributed by atoms with Gasteiger partial charge in [0.2, 0.25) is 0 Å². The van der Waals surface area contributed by atoms with E-state index < -0.39 is 0 Å². The van der Waals surface area contributed by atoms with Crippen LogP contribution in [0.15, 0.2) is 73.3 Å². The summed E-state index contributed by atoms with van der Waals surface area (Å²) in [5.41, 5.74) is 2.00. The second-order valence-corrected chi connectivity index (χ2v) is 6.55. The second-order valence-electron chi connectivity index (χ2n) is 6.12. The quantitative estimate of drug-likeness (QED) is 0.530. The van der Waals surface area contributed by atoms with Gasteiger partial charge >= 0.3 is 0 Å². The van der Waals surface area contributed by atoms with Gasteiger partial charge in [-0.25, -0.2) is 4.98 Å². The molecule has 2 N–H and O–H groups in total. The van der Waals surface area contributed by atoms with Crippen molar-refractivity contribution < 1.29 is 4.79 Å². The largest absolute Gasteiger partial charge is 0.347 e. The Hall–Kier alpha value is -3.51. The number of amides is 1. The number of anilines is 2. The van der Waals surface area contributed by atoms with E-state index in [0.717, 1.165) is 16.3 Å². The molecule has 0 radical (unpaired) electrons. The van der Waals surface area contributed by atoms with E-state index in [4.69, 9.17) is 11.6 Å². The Balaban J connectivity index is 1.53. The molecule has 1 aromatic carbocycles. The minimum atomic E-state index is -0.255. The third-order valence-electron chi connectivity index (χ3n) is 4.19. The zero-order valence-electron chi connectivity index (χ0n) is 14.8. The molecule has 0 saturated heterocycles. The molecule has 3 aromatic heterocycles. The number of halogens is 1. The Morgan fingerprint density at radius 3 is 2.61 bits per heavy atom. The van der Waals surface area contributed by atoms with E-state index in [1.54, 1.807) is 36.9 Å². The monoisotopic (exact) mass is 389 g/mol. The predicted molar refractivity (Wildman–Crippen MR) is 110 cm³/mol. The van der Waals surface area contributed by atoms with Crippen LogP contribution in [0.2, 0.25) is 5.02 Å². The van der Waals surface area contributed by atoms with Crippen LogP contribution in [0, 0.1) is 0 Å². The number of rotatable bonds is 5. The lowest BCUT2D eigenvalue weighted by Crippen LogP contribution is -2.23. The molecule has 0 spiro atoms. The van der Waals surface area contributed by atoms with Crippen LogP contribution in [-0.2, 0) is 6.54 Å². The van der Waals surface area contributed by atoms with Crippen LogP contribution >= 0.6 is 11.6 Å². The third-order valence-corrected chi connectivity index (χ3v) is 4.42. The van der Waals surface area contributed by atoms with Gasteiger partial charge in [0.1, 0.15) is 11.5 Å². The first kappa shape index (κ1) is 17.9. The molecule has 4 aromatic rings. The molecule has 0 aliphatic carbocycles. The van der Waals surface area contributed by atoms with Crippen molar-refractivity contribution in [2.24, 2.45) is 0 Å². The minimum absolute atomic E-state index is 0.255. The van der Waals surface area contributed by atoms with Gasteiger partial charge in [0, 0.05) is 47.4 Å². The van der Waals surface area contributed by atoms with E-state index in [-0.39, 0.29) is 5.91 Å². The van der Waals surface area contributed by atoms with Crippen molar-refractivity contribution in [2.45, 2.75) is 6.54 Å². The summed E-state index contributed by atoms with van der Waals surface area (Å²) >= 11 is 6.12. The summed E-state index contributed by atoms with van der Waals surface area (Å²) in [6.45, 7) is 0.407. The van der Waals surface area contributed by atoms with Gasteiger partial charge in [-0.1, -0.05) is 17.7 Å². The second kappa shape index (κ2) is 8.02. The van der Waals surface area contributed by atoms with Crippen molar-refractivity contribution in [3.63, 3.8) is 0 Å². The molecule has 0 aliphatic heterocycles. The fourth-order valence-electron chi connectivity index (χ4n) is 2.78. The summed E-state index contributed by atoms with van der Waals surface area (Å²) < 4.78 is 0. The van der Waals surface area contributed by atoms with E-state index in [2.05, 4.69) is 25.6 Å². The van der Waals surface area contributed by atoms with Gasteiger partial charge in [-0.05, 0) is 53.4 Å². The number of carbonyl (C=O) groups excluding carboxylic acids is 1. The number of pyridine rings is 3. The maximum Gasteiger partial charge on any atom is 0.270 e. The van der Waals surface area contributed by atoms with Gasteiger partial charge in [-0.15, -0.1) is 0 Å². The van der Waals surface area contributed by atoms with Gasteiger partial charge in [0.25, 0.3) is 5.91 Å². The van der Waals surface area contributed by atoms with E-state index in [1.165, 1.54) is 0 Å². The van der Waals surface area contributed by atoms with Gasteiger partial charge in [-0.3, -0.25) is 14.8 Å². The topological polar surface area (TPSA) is 79.8 Å². The van der Waals surface area contributed by atoms with E-state index >= 15 is 0 Å². The highest BCUT2D eigenvalue weighted by Crippen LogP contribution is 2.27. The molecule has 0 aliphatic rings. The molecule has 4 rings (SSSR count). The number of fused-ring (bicyclic) bond motifs is 1. The Bertz CT molecular complexity index is 1130. The molecule has 0 saturated carbocycles. The van der Waals surface area contributed by atoms with Crippen molar-refractivity contribution in [3.8, 4) is 0 Å². The predicted octanol–water partition coefficient (Wildman–Crippen LogP) is 4.35. The average molecular weight is 390 g/mol. The van der Waals surface area contributed by atoms with Gasteiger partial charge in [0.15, 0.2) is 0 Å². The fraction of sp³-hybridized carbons (Fsp3) is 0.0476. The van der Waals surface area contributed by atoms with Crippen LogP contribution in [0.4, 0.5) is 11.5 Å². The lowest BCUT2D eigenvalue weighted by atomic mass is 10.1. The first-order chi connectivity index (χ1) is 13.7. The number of aromatic nitrogens is 3. The number of nitrogens with zero attached hydrogens (tertiary/aromatic N) is 3. The van der Waals surface area contributed by atoms with Crippen molar-refractivity contribution in [3.05, 3.63) is 89.6 Å². The minimum Gasteiger partial charge on any atom is -0.347 e. The van der Waals surface area contributed by atoms with Crippen LogP contribution < -0.4 is 10.6 Å². The molecule has 0 atom stereocenters. The van der Waals surface area contributed by atoms with Crippen LogP contribution in [0.25, 0.3) is 10.8 Å². The van der Waals surface area contributed by atoms with E-state index in [9.17, 15) is 4.79 Å². The lowest BCUT2D eigenvalue weighted by Gasteiger charge is -2.10. The zero-order valence-corrected chi connectivity index (χ0v) is 15.5. The molecule has 3 heterocycles. The molecule has 138 valence electrons. The Morgan fingerprint density at radius 2 is 1.75 bits per heavy atom. The summed E-state index contributed by atoms with van der Waals surface area (Å²) in [5, 5.41) is 8.65. The Kier molecular flexibility index (Phi) is 5.12. The van der Waals surface area contributed by atoms with Crippen molar-refractivity contribution in [1.29, 1.82) is 0 Å². The highest BCUT2D eigenvalue weighted by atomic mass is 35.5. The number of nitrogens with one attached hydrogen (secondary N) is 2. The van der Waals surface area contributed by atoms with Crippen molar-refractivity contribution >= 4 is 39.8 Å². The van der Waals surface area contributed by atoms with Crippen molar-refractivity contribution in [2.75, 3.05) is 5.32 Å². The molecular weight excluding hydrogens is 374 g/mol. The molecule has 6 nitrogen and oxygen atoms in total. The maximum atomic E-state index is 12.4. The van der Waals surface area contributed by atoms with E-state index in [0.29, 0.717) is 28.8 Å². The number of hydrogen-bond donors (Lipinski definition) is 2. The summed E-state index contributed by atoms with van der Waals surface area (Å²) in [6, 6.07) is 14.7. The Labute approximate surface area is 166 Å². The first-order valence-corrected chi connectivity index (χ1v) is 9.01. The third kappa shape index (κ3) is 4.07. The van der Waals surface area contributed by atoms with Crippen LogP contribution in [0.5, 0.6) is 0 Å². The first-order valence-electron chi connectivity index (χ1n) is 8.63. The molecule has 0 bridgehead atoms. The van der Waals surface area contributed by atoms with Crippen LogP contribution in [0.1, 0.15) is 16.1 Å². The zero-order chi connectivity index (χ0) is 19.3. The SMILES string of the molecule is O=C(NCc1ccncc1)c1cc(Nc2nccc3ccc(Cl)cc23)ccn1. The molecule has 7 heteroatoms. The molecule has 0 unspecified atom stereocenters.